The van der Waals surface area contributed by atoms with Gasteiger partial charge in [0.15, 0.2) is 0 Å². The summed E-state index contributed by atoms with van der Waals surface area (Å²) < 4.78 is 10.4. The van der Waals surface area contributed by atoms with E-state index in [4.69, 9.17) is 20.3 Å². The lowest BCUT2D eigenvalue weighted by molar-refractivity contribution is -0.138. The second-order valence-corrected chi connectivity index (χ2v) is 7.46. The molecule has 1 heterocycles. The Hall–Kier alpha value is -2.48. The van der Waals surface area contributed by atoms with Crippen LogP contribution in [0.3, 0.4) is 0 Å². The van der Waals surface area contributed by atoms with E-state index in [1.165, 1.54) is 11.3 Å². The zero-order chi connectivity index (χ0) is 21.2. The van der Waals surface area contributed by atoms with E-state index < -0.39 is 0 Å². The summed E-state index contributed by atoms with van der Waals surface area (Å²) in [6.45, 7) is 6.07. The molecule has 2 rings (SSSR count). The molecular weight excluding hydrogens is 388 g/mol. The lowest BCUT2D eigenvalue weighted by Crippen LogP contribution is -2.13. The number of aliphatic hydroxyl groups excluding tert-OH is 1. The maximum atomic E-state index is 11.7. The Morgan fingerprint density at radius 2 is 2.03 bits per heavy atom. The van der Waals surface area contributed by atoms with Crippen molar-refractivity contribution in [3.8, 4) is 5.75 Å². The normalized spacial score (nSPS) is 13.3. The monoisotopic (exact) mass is 416 g/mol. The summed E-state index contributed by atoms with van der Waals surface area (Å²) in [5, 5.41) is 11.6. The van der Waals surface area contributed by atoms with Gasteiger partial charge in [0.1, 0.15) is 17.4 Å². The van der Waals surface area contributed by atoms with Crippen molar-refractivity contribution < 1.29 is 19.4 Å². The zero-order valence-corrected chi connectivity index (χ0v) is 17.9. The summed E-state index contributed by atoms with van der Waals surface area (Å²) in [6, 6.07) is 7.47. The van der Waals surface area contributed by atoms with Crippen molar-refractivity contribution in [2.24, 2.45) is 5.73 Å². The van der Waals surface area contributed by atoms with Gasteiger partial charge in [0.25, 0.3) is 0 Å². The maximum Gasteiger partial charge on any atom is 0.333 e. The molecule has 0 aliphatic heterocycles. The average Bonchev–Trinajstić information content (AvgIpc) is 3.16. The fraction of sp³-hybridized carbons (Fsp3) is 0.364. The number of nitrogens with zero attached hydrogens (tertiary/aromatic N) is 1. The van der Waals surface area contributed by atoms with E-state index in [9.17, 15) is 4.79 Å². The highest BCUT2D eigenvalue weighted by molar-refractivity contribution is 7.09. The first-order valence-electron chi connectivity index (χ1n) is 9.50. The summed E-state index contributed by atoms with van der Waals surface area (Å²) in [7, 11) is 0. The van der Waals surface area contributed by atoms with Crippen LogP contribution >= 0.6 is 11.3 Å². The molecule has 0 aliphatic carbocycles. The number of nitrogens with two attached hydrogens (primary N) is 1. The lowest BCUT2D eigenvalue weighted by atomic mass is 10.1. The van der Waals surface area contributed by atoms with Crippen molar-refractivity contribution in [2.75, 3.05) is 19.8 Å². The number of carbonyl (C=O) groups is 1. The van der Waals surface area contributed by atoms with Gasteiger partial charge in [-0.1, -0.05) is 12.1 Å². The van der Waals surface area contributed by atoms with Crippen LogP contribution in [-0.4, -0.2) is 35.9 Å². The van der Waals surface area contributed by atoms with Gasteiger partial charge in [-0.2, -0.15) is 0 Å². The van der Waals surface area contributed by atoms with Crippen molar-refractivity contribution in [1.29, 1.82) is 0 Å². The molecule has 1 aromatic heterocycles. The fourth-order valence-corrected chi connectivity index (χ4v) is 3.46. The average molecular weight is 417 g/mol. The number of hydrogen-bond acceptors (Lipinski definition) is 7. The quantitative estimate of drug-likeness (QED) is 0.349. The van der Waals surface area contributed by atoms with Crippen LogP contribution in [0.5, 0.6) is 5.75 Å². The number of rotatable bonds is 10. The molecule has 6 nitrogen and oxygen atoms in total. The molecule has 1 atom stereocenters. The van der Waals surface area contributed by atoms with Gasteiger partial charge in [-0.25, -0.2) is 9.78 Å². The largest absolute Gasteiger partial charge is 0.491 e. The molecule has 0 spiro atoms. The van der Waals surface area contributed by atoms with E-state index in [-0.39, 0.29) is 25.2 Å². The molecule has 7 heteroatoms. The van der Waals surface area contributed by atoms with Crippen molar-refractivity contribution in [3.63, 3.8) is 0 Å². The third-order valence-corrected chi connectivity index (χ3v) is 5.01. The number of hydrogen-bond donors (Lipinski definition) is 2. The van der Waals surface area contributed by atoms with Crippen LogP contribution in [0, 0.1) is 0 Å². The minimum Gasteiger partial charge on any atom is -0.491 e. The number of carbonyl (C=O) groups excluding carboxylic acids is 1. The molecule has 0 saturated carbocycles. The van der Waals surface area contributed by atoms with Gasteiger partial charge < -0.3 is 20.3 Å². The van der Waals surface area contributed by atoms with E-state index in [0.29, 0.717) is 18.6 Å². The van der Waals surface area contributed by atoms with Crippen molar-refractivity contribution in [3.05, 3.63) is 63.1 Å². The molecule has 29 heavy (non-hydrogen) atoms. The van der Waals surface area contributed by atoms with Crippen molar-refractivity contribution in [1.82, 2.24) is 4.98 Å². The van der Waals surface area contributed by atoms with Crippen molar-refractivity contribution in [2.45, 2.75) is 33.2 Å². The number of ether oxygens (including phenoxy) is 2. The van der Waals surface area contributed by atoms with Gasteiger partial charge >= 0.3 is 5.97 Å². The number of esters is 1. The van der Waals surface area contributed by atoms with E-state index in [0.717, 1.165) is 27.6 Å². The second kappa shape index (κ2) is 11.5. The minimum atomic E-state index is -0.311. The Labute approximate surface area is 175 Å². The Kier molecular flexibility index (Phi) is 9.05. The SMILES string of the molecule is CCOC(=O)/C(C)=C\C(C)=C\c1csc(C(N)Cc2ccc(OCCO)cc2)n1. The van der Waals surface area contributed by atoms with Gasteiger partial charge in [-0.15, -0.1) is 11.3 Å². The van der Waals surface area contributed by atoms with E-state index in [1.54, 1.807) is 19.9 Å². The van der Waals surface area contributed by atoms with Gasteiger partial charge in [0.2, 0.25) is 0 Å². The first-order chi connectivity index (χ1) is 13.9. The van der Waals surface area contributed by atoms with Crippen LogP contribution in [0.25, 0.3) is 6.08 Å². The van der Waals surface area contributed by atoms with Gasteiger partial charge in [-0.05, 0) is 62.6 Å². The highest BCUT2D eigenvalue weighted by Crippen LogP contribution is 2.23. The number of aliphatic hydroxyl groups is 1. The lowest BCUT2D eigenvalue weighted by Gasteiger charge is -2.10. The van der Waals surface area contributed by atoms with Crippen LogP contribution in [0.1, 0.15) is 43.1 Å². The number of allylic oxidation sites excluding steroid dienone is 2. The Balaban J connectivity index is 1.99. The maximum absolute atomic E-state index is 11.7. The third-order valence-electron chi connectivity index (χ3n) is 4.01. The predicted octanol–water partition coefficient (Wildman–Crippen LogP) is 3.67. The molecule has 3 N–H and O–H groups in total. The van der Waals surface area contributed by atoms with E-state index >= 15 is 0 Å². The van der Waals surface area contributed by atoms with Crippen LogP contribution in [0.2, 0.25) is 0 Å². The molecule has 0 amide bonds. The van der Waals surface area contributed by atoms with Gasteiger partial charge in [-0.3, -0.25) is 0 Å². The van der Waals surface area contributed by atoms with Crippen LogP contribution in [-0.2, 0) is 16.0 Å². The van der Waals surface area contributed by atoms with Gasteiger partial charge in [0, 0.05) is 11.0 Å². The summed E-state index contributed by atoms with van der Waals surface area (Å²) in [5.74, 6) is 0.411. The standard InChI is InChI=1S/C22H28N2O4S/c1-4-27-22(26)16(3)11-15(2)12-18-14-29-21(24-18)20(23)13-17-5-7-19(8-6-17)28-10-9-25/h5-8,11-12,14,20,25H,4,9-10,13,23H2,1-3H3/b15-12+,16-11-. The molecule has 1 aromatic carbocycles. The Bertz CT molecular complexity index is 856. The Morgan fingerprint density at radius 1 is 1.31 bits per heavy atom. The van der Waals surface area contributed by atoms with Crippen LogP contribution in [0.4, 0.5) is 0 Å². The fourth-order valence-electron chi connectivity index (χ4n) is 2.68. The predicted molar refractivity (Wildman–Crippen MR) is 116 cm³/mol. The van der Waals surface area contributed by atoms with E-state index in [1.807, 2.05) is 42.6 Å². The first kappa shape index (κ1) is 22.8. The zero-order valence-electron chi connectivity index (χ0n) is 17.1. The topological polar surface area (TPSA) is 94.7 Å². The molecule has 2 aromatic rings. The molecule has 156 valence electrons. The minimum absolute atomic E-state index is 0.00882. The van der Waals surface area contributed by atoms with Gasteiger partial charge in [0.05, 0.1) is 24.9 Å². The number of thiazole rings is 1. The molecule has 1 unspecified atom stereocenters. The third kappa shape index (κ3) is 7.45. The van der Waals surface area contributed by atoms with Crippen LogP contribution < -0.4 is 10.5 Å². The summed E-state index contributed by atoms with van der Waals surface area (Å²) in [5.41, 5.74) is 9.71. The highest BCUT2D eigenvalue weighted by Gasteiger charge is 2.12. The molecule has 0 fully saturated rings. The number of benzene rings is 1. The van der Waals surface area contributed by atoms with E-state index in [2.05, 4.69) is 4.98 Å². The van der Waals surface area contributed by atoms with Crippen LogP contribution in [0.15, 0.2) is 46.9 Å². The first-order valence-corrected chi connectivity index (χ1v) is 10.4. The van der Waals surface area contributed by atoms with Crippen molar-refractivity contribution >= 4 is 23.4 Å². The highest BCUT2D eigenvalue weighted by atomic mass is 32.1. The number of aromatic nitrogens is 1. The molecule has 0 radical (unpaired) electrons. The molecular formula is C22H28N2O4S. The molecule has 0 aliphatic rings. The Morgan fingerprint density at radius 3 is 2.69 bits per heavy atom. The molecule has 0 saturated heterocycles. The smallest absolute Gasteiger partial charge is 0.333 e. The second-order valence-electron chi connectivity index (χ2n) is 6.57. The summed E-state index contributed by atoms with van der Waals surface area (Å²) >= 11 is 1.52. The molecule has 0 bridgehead atoms. The summed E-state index contributed by atoms with van der Waals surface area (Å²) in [4.78, 5) is 16.3. The summed E-state index contributed by atoms with van der Waals surface area (Å²) in [6.07, 6.45) is 4.37.